The molecule has 0 aliphatic heterocycles. The van der Waals surface area contributed by atoms with Crippen molar-refractivity contribution in [3.05, 3.63) is 184 Å². The van der Waals surface area contributed by atoms with Crippen LogP contribution in [-0.4, -0.2) is 29.9 Å². The second kappa shape index (κ2) is 37.0. The third-order valence-electron chi connectivity index (χ3n) is 3.40. The van der Waals surface area contributed by atoms with E-state index < -0.39 is 0 Å². The molecule has 1 radical (unpaired) electrons. The number of aromatic nitrogens is 6. The van der Waals surface area contributed by atoms with Crippen LogP contribution in [0.1, 0.15) is 0 Å². The first-order chi connectivity index (χ1) is 18.0. The molecular weight excluding hydrogens is 762 g/mol. The summed E-state index contributed by atoms with van der Waals surface area (Å²) in [6.07, 6.45) is 21.0. The molecule has 0 aliphatic rings. The van der Waals surface area contributed by atoms with Crippen LogP contribution in [0, 0.1) is 0 Å². The van der Waals surface area contributed by atoms with Gasteiger partial charge < -0.3 is 48.0 Å². The fraction of sp³-hybridized carbons (Fsp3) is 0. The average molecular weight is 792 g/mol. The number of pyridine rings is 6. The Morgan fingerprint density at radius 2 is 0.282 bits per heavy atom. The van der Waals surface area contributed by atoms with Crippen molar-refractivity contribution in [2.45, 2.75) is 0 Å². The first-order valence-corrected chi connectivity index (χ1v) is 11.1. The van der Waals surface area contributed by atoms with Crippen LogP contribution in [0.3, 0.4) is 0 Å². The van der Waals surface area contributed by atoms with E-state index in [4.69, 9.17) is 0 Å². The van der Waals surface area contributed by atoms with Crippen molar-refractivity contribution in [3.8, 4) is 0 Å². The van der Waals surface area contributed by atoms with Crippen LogP contribution in [0.15, 0.2) is 184 Å². The maximum absolute atomic E-state index is 3.78. The first-order valence-electron chi connectivity index (χ1n) is 11.1. The Bertz CT molecular complexity index is 717. The van der Waals surface area contributed by atoms with Gasteiger partial charge in [0, 0.05) is 74.4 Å². The van der Waals surface area contributed by atoms with Crippen molar-refractivity contribution in [1.82, 2.24) is 29.9 Å². The molecule has 0 spiro atoms. The van der Waals surface area contributed by atoms with Crippen LogP contribution < -0.4 is 48.0 Å². The molecule has 6 rings (SSSR count). The van der Waals surface area contributed by atoms with Crippen LogP contribution in [0.25, 0.3) is 0 Å². The molecule has 0 bridgehead atoms. The summed E-state index contributed by atoms with van der Waals surface area (Å²) in [7, 11) is 0. The van der Waals surface area contributed by atoms with E-state index in [1.165, 1.54) is 0 Å². The van der Waals surface area contributed by atoms with E-state index in [0.29, 0.717) is 0 Å². The van der Waals surface area contributed by atoms with Crippen molar-refractivity contribution < 1.29 is 65.0 Å². The monoisotopic (exact) mass is 791 g/mol. The largest absolute Gasteiger partial charge is 2.00 e. The van der Waals surface area contributed by atoms with Crippen LogP contribution in [0.4, 0.5) is 0 Å². The molecule has 39 heavy (non-hydrogen) atoms. The molecule has 205 valence electrons. The summed E-state index contributed by atoms with van der Waals surface area (Å²) in [6, 6.07) is 34.3. The van der Waals surface area contributed by atoms with E-state index in [9.17, 15) is 0 Å². The third-order valence-corrected chi connectivity index (χ3v) is 3.40. The molecular formula is C30H30CuI2N6. The van der Waals surface area contributed by atoms with Crippen molar-refractivity contribution >= 4 is 0 Å². The predicted octanol–water partition coefficient (Wildman–Crippen LogP) is 0.495. The summed E-state index contributed by atoms with van der Waals surface area (Å²) in [4.78, 5) is 22.7. The molecule has 0 amide bonds. The average Bonchev–Trinajstić information content (AvgIpc) is 3.04. The van der Waals surface area contributed by atoms with Gasteiger partial charge in [-0.05, 0) is 72.8 Å². The van der Waals surface area contributed by atoms with Gasteiger partial charge in [-0.15, -0.1) is 0 Å². The van der Waals surface area contributed by atoms with E-state index in [2.05, 4.69) is 29.9 Å². The minimum absolute atomic E-state index is 0. The number of hydrogen-bond acceptors (Lipinski definition) is 6. The molecule has 0 saturated heterocycles. The summed E-state index contributed by atoms with van der Waals surface area (Å²) in [5.41, 5.74) is 0. The number of halogens is 2. The summed E-state index contributed by atoms with van der Waals surface area (Å²) in [5, 5.41) is 0. The van der Waals surface area contributed by atoms with Gasteiger partial charge in [-0.25, -0.2) is 0 Å². The Morgan fingerprint density at radius 1 is 0.179 bits per heavy atom. The molecule has 0 fully saturated rings. The topological polar surface area (TPSA) is 77.3 Å². The van der Waals surface area contributed by atoms with Gasteiger partial charge >= 0.3 is 17.1 Å². The maximum Gasteiger partial charge on any atom is 2.00 e. The summed E-state index contributed by atoms with van der Waals surface area (Å²) in [5.74, 6) is 0. The number of rotatable bonds is 0. The van der Waals surface area contributed by atoms with E-state index in [1.807, 2.05) is 109 Å². The van der Waals surface area contributed by atoms with Crippen molar-refractivity contribution in [2.75, 3.05) is 0 Å². The Hall–Kier alpha value is -3.12. The molecule has 0 aliphatic carbocycles. The van der Waals surface area contributed by atoms with Gasteiger partial charge in [0.05, 0.1) is 0 Å². The first kappa shape index (κ1) is 40.4. The van der Waals surface area contributed by atoms with E-state index in [0.717, 1.165) is 0 Å². The SMILES string of the molecule is [Cu+2].[I-].[I-].c1ccncc1.c1ccncc1.c1ccncc1.c1ccncc1.c1ccncc1.c1ccncc1. The molecule has 9 heteroatoms. The Morgan fingerprint density at radius 3 is 0.308 bits per heavy atom. The molecule has 6 heterocycles. The Labute approximate surface area is 276 Å². The third kappa shape index (κ3) is 34.9. The van der Waals surface area contributed by atoms with E-state index in [1.54, 1.807) is 74.4 Å². The van der Waals surface area contributed by atoms with Crippen molar-refractivity contribution in [2.24, 2.45) is 0 Å². The smallest absolute Gasteiger partial charge is 1.00 e. The zero-order valence-electron chi connectivity index (χ0n) is 21.1. The van der Waals surface area contributed by atoms with Crippen LogP contribution >= 0.6 is 0 Å². The number of nitrogens with zero attached hydrogens (tertiary/aromatic N) is 6. The number of hydrogen-bond donors (Lipinski definition) is 0. The second-order valence-corrected chi connectivity index (χ2v) is 6.15. The molecule has 0 unspecified atom stereocenters. The molecule has 0 N–H and O–H groups in total. The molecule has 0 atom stereocenters. The van der Waals surface area contributed by atoms with Gasteiger partial charge in [-0.1, -0.05) is 36.4 Å². The van der Waals surface area contributed by atoms with E-state index in [-0.39, 0.29) is 65.0 Å². The fourth-order valence-corrected chi connectivity index (χ4v) is 1.88. The zero-order chi connectivity index (χ0) is 25.5. The van der Waals surface area contributed by atoms with Gasteiger partial charge in [-0.2, -0.15) is 0 Å². The van der Waals surface area contributed by atoms with E-state index >= 15 is 0 Å². The van der Waals surface area contributed by atoms with Crippen molar-refractivity contribution in [3.63, 3.8) is 0 Å². The van der Waals surface area contributed by atoms with Crippen LogP contribution in [0.5, 0.6) is 0 Å². The molecule has 6 aromatic rings. The molecule has 0 saturated carbocycles. The van der Waals surface area contributed by atoms with Gasteiger partial charge in [0.15, 0.2) is 0 Å². The molecule has 6 nitrogen and oxygen atoms in total. The second-order valence-electron chi connectivity index (χ2n) is 6.15. The van der Waals surface area contributed by atoms with Gasteiger partial charge in [0.25, 0.3) is 0 Å². The van der Waals surface area contributed by atoms with Gasteiger partial charge in [0.2, 0.25) is 0 Å². The Balaban J connectivity index is -0.000000393. The molecule has 6 aromatic heterocycles. The van der Waals surface area contributed by atoms with Gasteiger partial charge in [-0.3, -0.25) is 29.9 Å². The molecule has 0 aromatic carbocycles. The normalized spacial score (nSPS) is 7.38. The maximum atomic E-state index is 3.78. The minimum Gasteiger partial charge on any atom is -1.00 e. The van der Waals surface area contributed by atoms with Crippen LogP contribution in [-0.2, 0) is 17.1 Å². The minimum atomic E-state index is 0. The quantitative estimate of drug-likeness (QED) is 0.165. The zero-order valence-corrected chi connectivity index (χ0v) is 26.3. The fourth-order valence-electron chi connectivity index (χ4n) is 1.88. The summed E-state index contributed by atoms with van der Waals surface area (Å²) in [6.45, 7) is 0. The standard InChI is InChI=1S/6C5H5N.Cu.2HI/c6*1-2-4-6-5-3-1;;;/h6*1-5H;;2*1H/q;;;;;;+2;;/p-2. The predicted molar refractivity (Wildman–Crippen MR) is 145 cm³/mol. The van der Waals surface area contributed by atoms with Crippen molar-refractivity contribution in [1.29, 1.82) is 0 Å². The summed E-state index contributed by atoms with van der Waals surface area (Å²) < 4.78 is 0. The van der Waals surface area contributed by atoms with Crippen LogP contribution in [0.2, 0.25) is 0 Å². The summed E-state index contributed by atoms with van der Waals surface area (Å²) >= 11 is 0. The van der Waals surface area contributed by atoms with Gasteiger partial charge in [0.1, 0.15) is 0 Å². The Kier molecular flexibility index (Phi) is 38.3.